The molecule has 20 heavy (non-hydrogen) atoms. The molecule has 5 heteroatoms. The van der Waals surface area contributed by atoms with Crippen LogP contribution in [0.2, 0.25) is 0 Å². The number of aliphatic carboxylic acids is 1. The minimum Gasteiger partial charge on any atom is -0.481 e. The maximum absolute atomic E-state index is 11.9. The first-order chi connectivity index (χ1) is 9.58. The van der Waals surface area contributed by atoms with E-state index in [0.29, 0.717) is 16.9 Å². The molecule has 0 radical (unpaired) electrons. The molecule has 2 rings (SSSR count). The molecule has 2 N–H and O–H groups in total. The number of carbonyl (C=O) groups is 2. The Morgan fingerprint density at radius 3 is 2.55 bits per heavy atom. The number of carboxylic acid groups (broad SMARTS) is 1. The van der Waals surface area contributed by atoms with Crippen LogP contribution in [0, 0.1) is 6.92 Å². The van der Waals surface area contributed by atoms with Gasteiger partial charge in [0, 0.05) is 6.54 Å². The van der Waals surface area contributed by atoms with Gasteiger partial charge in [-0.05, 0) is 18.6 Å². The van der Waals surface area contributed by atoms with Crippen LogP contribution in [-0.4, -0.2) is 23.5 Å². The van der Waals surface area contributed by atoms with E-state index in [1.165, 1.54) is 6.26 Å². The molecule has 2 aromatic rings. The van der Waals surface area contributed by atoms with Crippen LogP contribution in [0.4, 0.5) is 0 Å². The Bertz CT molecular complexity index is 603. The third-order valence-corrected chi connectivity index (χ3v) is 2.96. The van der Waals surface area contributed by atoms with Crippen LogP contribution in [0.5, 0.6) is 0 Å². The first kappa shape index (κ1) is 13.9. The minimum atomic E-state index is -0.972. The van der Waals surface area contributed by atoms with Gasteiger partial charge < -0.3 is 14.8 Å². The lowest BCUT2D eigenvalue weighted by atomic mass is 9.99. The molecular formula is C15H15NO4. The van der Waals surface area contributed by atoms with Gasteiger partial charge in [-0.3, -0.25) is 9.59 Å². The van der Waals surface area contributed by atoms with Crippen LogP contribution in [-0.2, 0) is 4.79 Å². The van der Waals surface area contributed by atoms with Gasteiger partial charge in [-0.25, -0.2) is 0 Å². The topological polar surface area (TPSA) is 79.5 Å². The molecule has 5 nitrogen and oxygen atoms in total. The third kappa shape index (κ3) is 3.26. The van der Waals surface area contributed by atoms with Crippen LogP contribution in [0.15, 0.2) is 47.1 Å². The number of furan rings is 1. The Morgan fingerprint density at radius 2 is 2.00 bits per heavy atom. The van der Waals surface area contributed by atoms with Crippen molar-refractivity contribution in [2.45, 2.75) is 12.8 Å². The molecule has 1 aromatic carbocycles. The second kappa shape index (κ2) is 6.06. The van der Waals surface area contributed by atoms with Crippen molar-refractivity contribution in [1.82, 2.24) is 5.32 Å². The van der Waals surface area contributed by atoms with Crippen LogP contribution in [0.3, 0.4) is 0 Å². The molecule has 1 heterocycles. The SMILES string of the molecule is Cc1cc(C(=O)NCC(C(=O)O)c2ccccc2)co1. The predicted molar refractivity (Wildman–Crippen MR) is 72.6 cm³/mol. The van der Waals surface area contributed by atoms with E-state index in [1.54, 1.807) is 37.3 Å². The lowest BCUT2D eigenvalue weighted by Crippen LogP contribution is -2.31. The van der Waals surface area contributed by atoms with Crippen LogP contribution in [0.25, 0.3) is 0 Å². The molecule has 0 fully saturated rings. The zero-order valence-corrected chi connectivity index (χ0v) is 11.0. The molecule has 1 atom stereocenters. The Hall–Kier alpha value is -2.56. The van der Waals surface area contributed by atoms with Crippen molar-refractivity contribution in [2.24, 2.45) is 0 Å². The summed E-state index contributed by atoms with van der Waals surface area (Å²) in [5.41, 5.74) is 1.04. The molecule has 0 aliphatic rings. The van der Waals surface area contributed by atoms with Gasteiger partial charge >= 0.3 is 5.97 Å². The van der Waals surface area contributed by atoms with E-state index in [2.05, 4.69) is 5.32 Å². The van der Waals surface area contributed by atoms with Crippen LogP contribution >= 0.6 is 0 Å². The lowest BCUT2D eigenvalue weighted by Gasteiger charge is -2.13. The maximum atomic E-state index is 11.9. The van der Waals surface area contributed by atoms with E-state index in [9.17, 15) is 14.7 Å². The number of hydrogen-bond donors (Lipinski definition) is 2. The number of aryl methyl sites for hydroxylation is 1. The van der Waals surface area contributed by atoms with Gasteiger partial charge in [0.05, 0.1) is 11.5 Å². The highest BCUT2D eigenvalue weighted by Gasteiger charge is 2.21. The van der Waals surface area contributed by atoms with Crippen LogP contribution < -0.4 is 5.32 Å². The predicted octanol–water partition coefficient (Wildman–Crippen LogP) is 2.19. The number of carboxylic acids is 1. The zero-order valence-electron chi connectivity index (χ0n) is 11.0. The molecule has 0 aliphatic carbocycles. The van der Waals surface area contributed by atoms with E-state index in [0.717, 1.165) is 0 Å². The summed E-state index contributed by atoms with van der Waals surface area (Å²) in [6, 6.07) is 10.4. The van der Waals surface area contributed by atoms with Crippen molar-refractivity contribution in [3.05, 3.63) is 59.5 Å². The summed E-state index contributed by atoms with van der Waals surface area (Å²) < 4.78 is 5.05. The van der Waals surface area contributed by atoms with E-state index >= 15 is 0 Å². The molecule has 1 aromatic heterocycles. The van der Waals surface area contributed by atoms with E-state index in [4.69, 9.17) is 4.42 Å². The fraction of sp³-hybridized carbons (Fsp3) is 0.200. The zero-order chi connectivity index (χ0) is 14.5. The highest BCUT2D eigenvalue weighted by molar-refractivity contribution is 5.94. The number of rotatable bonds is 5. The van der Waals surface area contributed by atoms with Crippen molar-refractivity contribution in [3.8, 4) is 0 Å². The Morgan fingerprint density at radius 1 is 1.30 bits per heavy atom. The second-order valence-electron chi connectivity index (χ2n) is 4.46. The van der Waals surface area contributed by atoms with Gasteiger partial charge in [-0.2, -0.15) is 0 Å². The normalized spacial score (nSPS) is 11.8. The molecule has 0 spiro atoms. The van der Waals surface area contributed by atoms with Crippen molar-refractivity contribution in [1.29, 1.82) is 0 Å². The van der Waals surface area contributed by atoms with Gasteiger partial charge in [0.2, 0.25) is 0 Å². The summed E-state index contributed by atoms with van der Waals surface area (Å²) >= 11 is 0. The summed E-state index contributed by atoms with van der Waals surface area (Å²) in [6.07, 6.45) is 1.35. The first-order valence-electron chi connectivity index (χ1n) is 6.19. The number of carbonyl (C=O) groups excluding carboxylic acids is 1. The molecule has 1 unspecified atom stereocenters. The quantitative estimate of drug-likeness (QED) is 0.875. The number of amides is 1. The summed E-state index contributed by atoms with van der Waals surface area (Å²) in [6.45, 7) is 1.77. The number of nitrogens with one attached hydrogen (secondary N) is 1. The van der Waals surface area contributed by atoms with Gasteiger partial charge in [-0.1, -0.05) is 30.3 Å². The molecule has 1 amide bonds. The summed E-state index contributed by atoms with van der Waals surface area (Å²) in [7, 11) is 0. The second-order valence-corrected chi connectivity index (χ2v) is 4.46. The first-order valence-corrected chi connectivity index (χ1v) is 6.19. The summed E-state index contributed by atoms with van der Waals surface area (Å²) in [4.78, 5) is 23.1. The standard InChI is InChI=1S/C15H15NO4/c1-10-7-12(9-20-10)14(17)16-8-13(15(18)19)11-5-3-2-4-6-11/h2-7,9,13H,8H2,1H3,(H,16,17)(H,18,19). The molecule has 0 saturated heterocycles. The Labute approximate surface area is 116 Å². The van der Waals surface area contributed by atoms with Gasteiger partial charge in [0.25, 0.3) is 5.91 Å². The third-order valence-electron chi connectivity index (χ3n) is 2.96. The molecule has 0 saturated carbocycles. The van der Waals surface area contributed by atoms with Crippen molar-refractivity contribution >= 4 is 11.9 Å². The van der Waals surface area contributed by atoms with E-state index in [1.807, 2.05) is 6.07 Å². The van der Waals surface area contributed by atoms with E-state index < -0.39 is 11.9 Å². The molecular weight excluding hydrogens is 258 g/mol. The van der Waals surface area contributed by atoms with E-state index in [-0.39, 0.29) is 12.5 Å². The fourth-order valence-electron chi connectivity index (χ4n) is 1.89. The molecule has 0 aliphatic heterocycles. The van der Waals surface area contributed by atoms with Crippen molar-refractivity contribution < 1.29 is 19.1 Å². The van der Waals surface area contributed by atoms with Crippen molar-refractivity contribution in [3.63, 3.8) is 0 Å². The summed E-state index contributed by atoms with van der Waals surface area (Å²) in [5.74, 6) is -1.45. The average molecular weight is 273 g/mol. The Kier molecular flexibility index (Phi) is 4.20. The molecule has 104 valence electrons. The minimum absolute atomic E-state index is 0.0302. The maximum Gasteiger partial charge on any atom is 0.312 e. The Balaban J connectivity index is 2.03. The lowest BCUT2D eigenvalue weighted by molar-refractivity contribution is -0.138. The highest BCUT2D eigenvalue weighted by Crippen LogP contribution is 2.15. The molecule has 0 bridgehead atoms. The highest BCUT2D eigenvalue weighted by atomic mass is 16.4. The summed E-state index contributed by atoms with van der Waals surface area (Å²) in [5, 5.41) is 11.9. The van der Waals surface area contributed by atoms with Crippen LogP contribution in [0.1, 0.15) is 27.6 Å². The van der Waals surface area contributed by atoms with Gasteiger partial charge in [0.1, 0.15) is 12.0 Å². The largest absolute Gasteiger partial charge is 0.481 e. The van der Waals surface area contributed by atoms with Gasteiger partial charge in [-0.15, -0.1) is 0 Å². The van der Waals surface area contributed by atoms with Crippen molar-refractivity contribution in [2.75, 3.05) is 6.54 Å². The number of benzene rings is 1. The van der Waals surface area contributed by atoms with Gasteiger partial charge in [0.15, 0.2) is 0 Å². The fourth-order valence-corrected chi connectivity index (χ4v) is 1.89. The smallest absolute Gasteiger partial charge is 0.312 e. The number of hydrogen-bond acceptors (Lipinski definition) is 3. The average Bonchev–Trinajstić information content (AvgIpc) is 2.86. The monoisotopic (exact) mass is 273 g/mol.